The van der Waals surface area contributed by atoms with Gasteiger partial charge < -0.3 is 10.1 Å². The fraction of sp³-hybridized carbons (Fsp3) is 0.250. The summed E-state index contributed by atoms with van der Waals surface area (Å²) in [6, 6.07) is 16.1. The zero-order chi connectivity index (χ0) is 19.2. The van der Waals surface area contributed by atoms with Crippen molar-refractivity contribution in [3.8, 4) is 0 Å². The Hall–Kier alpha value is -2.80. The van der Waals surface area contributed by atoms with Crippen molar-refractivity contribution in [2.24, 2.45) is 0 Å². The van der Waals surface area contributed by atoms with E-state index in [0.29, 0.717) is 5.56 Å². The molecule has 0 spiro atoms. The van der Waals surface area contributed by atoms with Crippen LogP contribution in [0.15, 0.2) is 59.5 Å². The Morgan fingerprint density at radius 2 is 1.85 bits per heavy atom. The van der Waals surface area contributed by atoms with E-state index in [-0.39, 0.29) is 19.1 Å². The van der Waals surface area contributed by atoms with Gasteiger partial charge in [0, 0.05) is 4.90 Å². The van der Waals surface area contributed by atoms with E-state index >= 15 is 0 Å². The van der Waals surface area contributed by atoms with Gasteiger partial charge >= 0.3 is 6.09 Å². The third-order valence-electron chi connectivity index (χ3n) is 4.14. The molecule has 2 aromatic rings. The van der Waals surface area contributed by atoms with Crippen LogP contribution in [-0.2, 0) is 9.53 Å². The monoisotopic (exact) mass is 384 g/mol. The number of hydrogen-bond acceptors (Lipinski definition) is 5. The summed E-state index contributed by atoms with van der Waals surface area (Å²) in [6.07, 6.45) is -0.683. The molecule has 27 heavy (non-hydrogen) atoms. The maximum atomic E-state index is 12.9. The predicted octanol–water partition coefficient (Wildman–Crippen LogP) is 3.25. The number of carbonyl (C=O) groups excluding carboxylic acids is 3. The summed E-state index contributed by atoms with van der Waals surface area (Å²) in [5, 5.41) is 2.96. The first-order chi connectivity index (χ1) is 13.1. The highest BCUT2D eigenvalue weighted by molar-refractivity contribution is 7.99. The fourth-order valence-corrected chi connectivity index (χ4v) is 3.63. The molecule has 1 fully saturated rings. The highest BCUT2D eigenvalue weighted by Gasteiger charge is 2.34. The van der Waals surface area contributed by atoms with Gasteiger partial charge in [0.25, 0.3) is 11.8 Å². The average molecular weight is 384 g/mol. The zero-order valence-corrected chi connectivity index (χ0v) is 15.7. The first-order valence-corrected chi connectivity index (χ1v) is 9.63. The topological polar surface area (TPSA) is 75.7 Å². The van der Waals surface area contributed by atoms with E-state index in [1.165, 1.54) is 0 Å². The number of cyclic esters (lactones) is 1. The van der Waals surface area contributed by atoms with Crippen molar-refractivity contribution in [2.45, 2.75) is 17.9 Å². The number of rotatable bonds is 7. The predicted molar refractivity (Wildman–Crippen MR) is 103 cm³/mol. The standard InChI is InChI=1S/C20H20N2O4S/c1-2-27-17-11-7-6-10-15(17)19(24)21-16(14-8-4-3-5-9-14)12-22-18(23)13-26-20(22)25/h3-11,16H,2,12-13H2,1H3,(H,21,24). The van der Waals surface area contributed by atoms with Crippen molar-refractivity contribution in [3.05, 3.63) is 65.7 Å². The Morgan fingerprint density at radius 1 is 1.15 bits per heavy atom. The molecule has 7 heteroatoms. The normalized spacial score (nSPS) is 14.8. The Bertz CT molecular complexity index is 825. The molecule has 2 aromatic carbocycles. The third-order valence-corrected chi connectivity index (χ3v) is 5.10. The molecule has 3 amide bonds. The van der Waals surface area contributed by atoms with Crippen molar-refractivity contribution in [1.29, 1.82) is 0 Å². The molecule has 1 aliphatic heterocycles. The van der Waals surface area contributed by atoms with Gasteiger partial charge in [0.15, 0.2) is 6.61 Å². The maximum absolute atomic E-state index is 12.9. The fourth-order valence-electron chi connectivity index (χ4n) is 2.83. The van der Waals surface area contributed by atoms with Crippen LogP contribution < -0.4 is 5.32 Å². The number of thioether (sulfide) groups is 1. The van der Waals surface area contributed by atoms with Gasteiger partial charge in [-0.1, -0.05) is 49.4 Å². The lowest BCUT2D eigenvalue weighted by molar-refractivity contribution is -0.126. The second-order valence-electron chi connectivity index (χ2n) is 5.92. The quantitative estimate of drug-likeness (QED) is 0.742. The van der Waals surface area contributed by atoms with Crippen molar-refractivity contribution >= 4 is 29.7 Å². The molecule has 1 heterocycles. The summed E-state index contributed by atoms with van der Waals surface area (Å²) in [5.74, 6) is 0.193. The van der Waals surface area contributed by atoms with Gasteiger partial charge in [-0.15, -0.1) is 11.8 Å². The summed E-state index contributed by atoms with van der Waals surface area (Å²) >= 11 is 1.59. The van der Waals surface area contributed by atoms with Crippen LogP contribution >= 0.6 is 11.8 Å². The van der Waals surface area contributed by atoms with Gasteiger partial charge in [0.1, 0.15) is 0 Å². The van der Waals surface area contributed by atoms with Crippen molar-refractivity contribution in [2.75, 3.05) is 18.9 Å². The lowest BCUT2D eigenvalue weighted by Crippen LogP contribution is -2.40. The van der Waals surface area contributed by atoms with Gasteiger partial charge in [0.2, 0.25) is 0 Å². The van der Waals surface area contributed by atoms with Crippen LogP contribution in [0.5, 0.6) is 0 Å². The molecular weight excluding hydrogens is 364 g/mol. The molecule has 1 aliphatic rings. The lowest BCUT2D eigenvalue weighted by atomic mass is 10.1. The Kier molecular flexibility index (Phi) is 6.13. The summed E-state index contributed by atoms with van der Waals surface area (Å²) < 4.78 is 4.78. The number of amides is 3. The first kappa shape index (κ1) is 19.0. The zero-order valence-electron chi connectivity index (χ0n) is 14.9. The molecule has 0 radical (unpaired) electrons. The molecule has 3 rings (SSSR count). The Balaban J connectivity index is 1.84. The highest BCUT2D eigenvalue weighted by Crippen LogP contribution is 2.24. The van der Waals surface area contributed by atoms with Crippen molar-refractivity contribution < 1.29 is 19.1 Å². The molecule has 1 atom stereocenters. The second kappa shape index (κ2) is 8.73. The smallest absolute Gasteiger partial charge is 0.417 e. The Morgan fingerprint density at radius 3 is 2.52 bits per heavy atom. The molecule has 140 valence electrons. The number of hydrogen-bond donors (Lipinski definition) is 1. The van der Waals surface area contributed by atoms with Crippen molar-refractivity contribution in [1.82, 2.24) is 10.2 Å². The summed E-state index contributed by atoms with van der Waals surface area (Å²) in [6.45, 7) is 1.79. The van der Waals surface area contributed by atoms with Gasteiger partial charge in [-0.2, -0.15) is 0 Å². The maximum Gasteiger partial charge on any atom is 0.417 e. The minimum Gasteiger partial charge on any atom is -0.439 e. The van der Waals surface area contributed by atoms with Gasteiger partial charge in [-0.3, -0.25) is 9.59 Å². The SMILES string of the molecule is CCSc1ccccc1C(=O)NC(CN1C(=O)COC1=O)c1ccccc1. The summed E-state index contributed by atoms with van der Waals surface area (Å²) in [4.78, 5) is 38.6. The van der Waals surface area contributed by atoms with E-state index in [1.807, 2.05) is 55.5 Å². The molecule has 0 aromatic heterocycles. The highest BCUT2D eigenvalue weighted by atomic mass is 32.2. The largest absolute Gasteiger partial charge is 0.439 e. The average Bonchev–Trinajstić information content (AvgIpc) is 3.00. The molecule has 1 N–H and O–H groups in total. The summed E-state index contributed by atoms with van der Waals surface area (Å²) in [7, 11) is 0. The number of ether oxygens (including phenoxy) is 1. The minimum atomic E-state index is -0.683. The van der Waals surface area contributed by atoms with E-state index in [4.69, 9.17) is 4.74 Å². The first-order valence-electron chi connectivity index (χ1n) is 8.65. The number of nitrogens with one attached hydrogen (secondary N) is 1. The van der Waals surface area contributed by atoms with Crippen LogP contribution in [0.25, 0.3) is 0 Å². The minimum absolute atomic E-state index is 0.0243. The van der Waals surface area contributed by atoms with E-state index < -0.39 is 18.0 Å². The van der Waals surface area contributed by atoms with Crippen LogP contribution in [0.2, 0.25) is 0 Å². The van der Waals surface area contributed by atoms with Gasteiger partial charge in [-0.25, -0.2) is 9.69 Å². The third kappa shape index (κ3) is 4.49. The van der Waals surface area contributed by atoms with Crippen LogP contribution in [0.3, 0.4) is 0 Å². The Labute approximate surface area is 161 Å². The molecule has 6 nitrogen and oxygen atoms in total. The molecule has 0 saturated carbocycles. The van der Waals surface area contributed by atoms with Gasteiger partial charge in [0.05, 0.1) is 18.2 Å². The van der Waals surface area contributed by atoms with E-state index in [9.17, 15) is 14.4 Å². The number of carbonyl (C=O) groups is 3. The van der Waals surface area contributed by atoms with Gasteiger partial charge in [-0.05, 0) is 23.4 Å². The molecule has 1 unspecified atom stereocenters. The second-order valence-corrected chi connectivity index (χ2v) is 7.23. The van der Waals surface area contributed by atoms with Crippen LogP contribution in [0, 0.1) is 0 Å². The van der Waals surface area contributed by atoms with Crippen LogP contribution in [0.4, 0.5) is 4.79 Å². The van der Waals surface area contributed by atoms with E-state index in [1.54, 1.807) is 17.8 Å². The number of benzene rings is 2. The number of imide groups is 1. The molecular formula is C20H20N2O4S. The molecule has 0 aliphatic carbocycles. The molecule has 0 bridgehead atoms. The van der Waals surface area contributed by atoms with Crippen LogP contribution in [-0.4, -0.2) is 41.7 Å². The number of nitrogens with zero attached hydrogens (tertiary/aromatic N) is 1. The van der Waals surface area contributed by atoms with E-state index in [0.717, 1.165) is 21.1 Å². The molecule has 1 saturated heterocycles. The van der Waals surface area contributed by atoms with Crippen molar-refractivity contribution in [3.63, 3.8) is 0 Å². The lowest BCUT2D eigenvalue weighted by Gasteiger charge is -2.23. The van der Waals surface area contributed by atoms with E-state index in [2.05, 4.69) is 5.32 Å². The summed E-state index contributed by atoms with van der Waals surface area (Å²) in [5.41, 5.74) is 1.37. The van der Waals surface area contributed by atoms with Crippen LogP contribution in [0.1, 0.15) is 28.9 Å².